The summed E-state index contributed by atoms with van der Waals surface area (Å²) in [5, 5.41) is -0.686. The molecule has 9 heteroatoms. The Hall–Kier alpha value is -2.39. The van der Waals surface area contributed by atoms with Crippen molar-refractivity contribution in [3.63, 3.8) is 0 Å². The molecule has 1 aliphatic rings. The maximum absolute atomic E-state index is 16.1. The highest BCUT2D eigenvalue weighted by atomic mass is 32.2. The summed E-state index contributed by atoms with van der Waals surface area (Å²) in [6.07, 6.45) is 2.26. The predicted molar refractivity (Wildman–Crippen MR) is 113 cm³/mol. The number of hydrogen-bond donors (Lipinski definition) is 1. The number of carbonyl (C=O) groups excluding carboxylic acids is 1. The molecule has 5 nitrogen and oxygen atoms in total. The highest BCUT2D eigenvalue weighted by molar-refractivity contribution is 7.90. The van der Waals surface area contributed by atoms with Crippen molar-refractivity contribution in [3.05, 3.63) is 59.7 Å². The summed E-state index contributed by atoms with van der Waals surface area (Å²) in [5.74, 6) is -1.66. The van der Waals surface area contributed by atoms with Gasteiger partial charge in [-0.3, -0.25) is 9.69 Å². The molecule has 3 rings (SSSR count). The summed E-state index contributed by atoms with van der Waals surface area (Å²) in [5.41, 5.74) is -1.34. The zero-order chi connectivity index (χ0) is 22.8. The number of rotatable bonds is 7. The molecule has 0 bridgehead atoms. The first-order valence-electron chi connectivity index (χ1n) is 10.1. The molecule has 0 spiro atoms. The maximum Gasteiger partial charge on any atom is 0.218 e. The second kappa shape index (κ2) is 9.00. The second-order valence-electron chi connectivity index (χ2n) is 8.02. The fourth-order valence-electron chi connectivity index (χ4n) is 3.81. The Morgan fingerprint density at radius 1 is 1.06 bits per heavy atom. The van der Waals surface area contributed by atoms with Crippen LogP contribution in [0.4, 0.5) is 24.5 Å². The number of amides is 1. The minimum absolute atomic E-state index is 0.00421. The van der Waals surface area contributed by atoms with Gasteiger partial charge in [0.2, 0.25) is 16.4 Å². The van der Waals surface area contributed by atoms with E-state index >= 15 is 4.39 Å². The van der Waals surface area contributed by atoms with Crippen LogP contribution in [0.3, 0.4) is 0 Å². The molecule has 0 aromatic heterocycles. The summed E-state index contributed by atoms with van der Waals surface area (Å²) in [6, 6.07) is 7.71. The summed E-state index contributed by atoms with van der Waals surface area (Å²) in [4.78, 5) is 12.6. The van der Waals surface area contributed by atoms with Gasteiger partial charge in [0.05, 0.1) is 17.0 Å². The number of halogens is 3. The van der Waals surface area contributed by atoms with E-state index in [1.165, 1.54) is 38.1 Å². The number of anilines is 2. The molecule has 1 N–H and O–H groups in total. The fraction of sp³-hybridized carbons (Fsp3) is 0.409. The average Bonchev–Trinajstić information content (AvgIpc) is 2.70. The number of nitrogens with one attached hydrogen (secondary N) is 1. The first kappa shape index (κ1) is 23.3. The van der Waals surface area contributed by atoms with Gasteiger partial charge in [-0.05, 0) is 62.9 Å². The molecule has 1 fully saturated rings. The van der Waals surface area contributed by atoms with Crippen molar-refractivity contribution in [2.45, 2.75) is 56.5 Å². The van der Waals surface area contributed by atoms with E-state index in [1.807, 2.05) is 0 Å². The van der Waals surface area contributed by atoms with Crippen LogP contribution in [-0.4, -0.2) is 26.1 Å². The Morgan fingerprint density at radius 3 is 2.23 bits per heavy atom. The fourth-order valence-corrected chi connectivity index (χ4v) is 4.79. The number of carbonyl (C=O) groups is 1. The Labute approximate surface area is 180 Å². The van der Waals surface area contributed by atoms with Gasteiger partial charge >= 0.3 is 0 Å². The molecule has 1 amide bonds. The molecule has 31 heavy (non-hydrogen) atoms. The van der Waals surface area contributed by atoms with Crippen LogP contribution in [-0.2, 0) is 20.5 Å². The monoisotopic (exact) mass is 454 g/mol. The van der Waals surface area contributed by atoms with E-state index in [1.54, 1.807) is 0 Å². The number of hydrogen-bond acceptors (Lipinski definition) is 3. The van der Waals surface area contributed by atoms with E-state index in [9.17, 15) is 22.0 Å². The standard InChI is InChI=1S/C22H25F3N2O3S/c1-15(2)31(29,30)26-21-5-3-4-10-22(21,25)16-6-8-19(9-7-16)27(14-28)20-12-17(23)11-18(24)13-20/h6-9,11-15,21,26H,3-5,10H2,1-2H3. The zero-order valence-electron chi connectivity index (χ0n) is 17.3. The molecule has 2 unspecified atom stereocenters. The molecule has 1 aliphatic carbocycles. The first-order valence-corrected chi connectivity index (χ1v) is 11.6. The van der Waals surface area contributed by atoms with Crippen molar-refractivity contribution >= 4 is 27.8 Å². The topological polar surface area (TPSA) is 66.5 Å². The molecular weight excluding hydrogens is 429 g/mol. The maximum atomic E-state index is 16.1. The van der Waals surface area contributed by atoms with Gasteiger partial charge in [0.1, 0.15) is 11.6 Å². The molecule has 168 valence electrons. The molecular formula is C22H25F3N2O3S. The van der Waals surface area contributed by atoms with E-state index in [2.05, 4.69) is 4.72 Å². The molecule has 0 heterocycles. The van der Waals surface area contributed by atoms with Crippen LogP contribution >= 0.6 is 0 Å². The van der Waals surface area contributed by atoms with Crippen molar-refractivity contribution < 1.29 is 26.4 Å². The van der Waals surface area contributed by atoms with E-state index in [4.69, 9.17) is 0 Å². The minimum Gasteiger partial charge on any atom is -0.283 e. The van der Waals surface area contributed by atoms with E-state index in [0.717, 1.165) is 17.0 Å². The van der Waals surface area contributed by atoms with Crippen LogP contribution in [0.5, 0.6) is 0 Å². The van der Waals surface area contributed by atoms with Gasteiger partial charge in [-0.15, -0.1) is 0 Å². The Bertz CT molecular complexity index is 1020. The first-order chi connectivity index (χ1) is 14.6. The number of benzene rings is 2. The molecule has 0 saturated heterocycles. The van der Waals surface area contributed by atoms with E-state index in [0.29, 0.717) is 37.4 Å². The van der Waals surface area contributed by atoms with Crippen molar-refractivity contribution in [1.82, 2.24) is 4.72 Å². The lowest BCUT2D eigenvalue weighted by Gasteiger charge is -2.38. The Kier molecular flexibility index (Phi) is 6.76. The minimum atomic E-state index is -3.66. The SMILES string of the molecule is CC(C)S(=O)(=O)NC1CCCCC1(F)c1ccc(N(C=O)c2cc(F)cc(F)c2)cc1. The van der Waals surface area contributed by atoms with Gasteiger partial charge in [0.25, 0.3) is 0 Å². The quantitative estimate of drug-likeness (QED) is 0.617. The summed E-state index contributed by atoms with van der Waals surface area (Å²) >= 11 is 0. The molecule has 0 radical (unpaired) electrons. The Balaban J connectivity index is 1.91. The number of alkyl halides is 1. The highest BCUT2D eigenvalue weighted by Gasteiger charge is 2.44. The van der Waals surface area contributed by atoms with Crippen LogP contribution in [0, 0.1) is 11.6 Å². The molecule has 1 saturated carbocycles. The van der Waals surface area contributed by atoms with Gasteiger partial charge in [-0.1, -0.05) is 18.6 Å². The zero-order valence-corrected chi connectivity index (χ0v) is 18.1. The normalized spacial score (nSPS) is 21.8. The summed E-state index contributed by atoms with van der Waals surface area (Å²) < 4.78 is 70.4. The van der Waals surface area contributed by atoms with Gasteiger partial charge in [-0.2, -0.15) is 0 Å². The lowest BCUT2D eigenvalue weighted by atomic mass is 9.77. The molecule has 2 aromatic rings. The molecule has 2 atom stereocenters. The van der Waals surface area contributed by atoms with Crippen LogP contribution in [0.1, 0.15) is 45.1 Å². The van der Waals surface area contributed by atoms with Crippen molar-refractivity contribution in [3.8, 4) is 0 Å². The second-order valence-corrected chi connectivity index (χ2v) is 10.3. The van der Waals surface area contributed by atoms with Crippen molar-refractivity contribution in [2.75, 3.05) is 4.90 Å². The van der Waals surface area contributed by atoms with E-state index < -0.39 is 38.6 Å². The van der Waals surface area contributed by atoms with E-state index in [-0.39, 0.29) is 17.7 Å². The number of sulfonamides is 1. The molecule has 2 aromatic carbocycles. The third-order valence-corrected chi connectivity index (χ3v) is 7.47. The lowest BCUT2D eigenvalue weighted by molar-refractivity contribution is -0.106. The van der Waals surface area contributed by atoms with Crippen molar-refractivity contribution in [2.24, 2.45) is 0 Å². The summed E-state index contributed by atoms with van der Waals surface area (Å²) in [7, 11) is -3.66. The largest absolute Gasteiger partial charge is 0.283 e. The Morgan fingerprint density at radius 2 is 1.68 bits per heavy atom. The van der Waals surface area contributed by atoms with Crippen LogP contribution < -0.4 is 9.62 Å². The van der Waals surface area contributed by atoms with Crippen LogP contribution in [0.2, 0.25) is 0 Å². The highest BCUT2D eigenvalue weighted by Crippen LogP contribution is 2.42. The molecule has 0 aliphatic heterocycles. The summed E-state index contributed by atoms with van der Waals surface area (Å²) in [6.45, 7) is 3.06. The van der Waals surface area contributed by atoms with Crippen LogP contribution in [0.15, 0.2) is 42.5 Å². The van der Waals surface area contributed by atoms with Gasteiger partial charge < -0.3 is 0 Å². The van der Waals surface area contributed by atoms with Crippen LogP contribution in [0.25, 0.3) is 0 Å². The van der Waals surface area contributed by atoms with Gasteiger partial charge in [0, 0.05) is 11.8 Å². The van der Waals surface area contributed by atoms with Gasteiger partial charge in [0.15, 0.2) is 5.67 Å². The average molecular weight is 455 g/mol. The van der Waals surface area contributed by atoms with Gasteiger partial charge in [-0.25, -0.2) is 26.3 Å². The predicted octanol–water partition coefficient (Wildman–Crippen LogP) is 4.69. The third kappa shape index (κ3) is 4.93. The third-order valence-electron chi connectivity index (χ3n) is 5.62. The smallest absolute Gasteiger partial charge is 0.218 e. The lowest BCUT2D eigenvalue weighted by Crippen LogP contribution is -2.51. The van der Waals surface area contributed by atoms with Crippen molar-refractivity contribution in [1.29, 1.82) is 0 Å². The number of nitrogens with zero attached hydrogens (tertiary/aromatic N) is 1.